The molecule has 2 aliphatic heterocycles. The molecule has 108 valence electrons. The van der Waals surface area contributed by atoms with E-state index < -0.39 is 5.97 Å². The van der Waals surface area contributed by atoms with Crippen LogP contribution in [0, 0.1) is 5.41 Å². The van der Waals surface area contributed by atoms with Gasteiger partial charge in [-0.05, 0) is 24.7 Å². The van der Waals surface area contributed by atoms with Gasteiger partial charge < -0.3 is 19.2 Å². The molecule has 3 heterocycles. The lowest BCUT2D eigenvalue weighted by Gasteiger charge is -2.32. The first-order valence-electron chi connectivity index (χ1n) is 6.79. The smallest absolute Gasteiger partial charge is 0.338 e. The van der Waals surface area contributed by atoms with E-state index in [-0.39, 0.29) is 22.6 Å². The van der Waals surface area contributed by atoms with Crippen molar-refractivity contribution < 1.29 is 23.8 Å². The Hall–Kier alpha value is -1.82. The number of ether oxygens (including phenoxy) is 1. The molecule has 1 aromatic rings. The van der Waals surface area contributed by atoms with Crippen LogP contribution in [0.15, 0.2) is 16.7 Å². The van der Waals surface area contributed by atoms with Crippen molar-refractivity contribution in [3.63, 3.8) is 0 Å². The number of carbonyl (C=O) groups is 2. The maximum absolute atomic E-state index is 12.3. The molecule has 1 N–H and O–H groups in total. The van der Waals surface area contributed by atoms with Crippen molar-refractivity contribution >= 4 is 11.9 Å². The highest BCUT2D eigenvalue weighted by Gasteiger charge is 2.41. The van der Waals surface area contributed by atoms with Crippen molar-refractivity contribution in [2.45, 2.75) is 19.3 Å². The first kappa shape index (κ1) is 13.2. The number of hydrogen-bond acceptors (Lipinski definition) is 4. The molecule has 0 bridgehead atoms. The van der Waals surface area contributed by atoms with Crippen LogP contribution in [0.5, 0.6) is 0 Å². The van der Waals surface area contributed by atoms with Crippen molar-refractivity contribution in [1.29, 1.82) is 0 Å². The molecule has 0 saturated carbocycles. The number of furan rings is 1. The molecule has 6 nitrogen and oxygen atoms in total. The van der Waals surface area contributed by atoms with E-state index in [4.69, 9.17) is 14.3 Å². The monoisotopic (exact) mass is 279 g/mol. The average molecular weight is 279 g/mol. The van der Waals surface area contributed by atoms with E-state index in [0.717, 1.165) is 38.7 Å². The van der Waals surface area contributed by atoms with Gasteiger partial charge in [0.1, 0.15) is 6.26 Å². The molecule has 6 heteroatoms. The zero-order chi connectivity index (χ0) is 14.2. The standard InChI is InChI=1S/C14H17NO5/c16-12(11-7-10(8-20-11)13(17)18)15-4-1-14(9-15)2-5-19-6-3-14/h7-8H,1-6,9H2,(H,17,18). The summed E-state index contributed by atoms with van der Waals surface area (Å²) in [6, 6.07) is 1.29. The Balaban J connectivity index is 1.70. The Morgan fingerprint density at radius 1 is 1.25 bits per heavy atom. The van der Waals surface area contributed by atoms with E-state index >= 15 is 0 Å². The van der Waals surface area contributed by atoms with Crippen LogP contribution in [-0.2, 0) is 4.74 Å². The summed E-state index contributed by atoms with van der Waals surface area (Å²) >= 11 is 0. The van der Waals surface area contributed by atoms with E-state index in [0.29, 0.717) is 13.1 Å². The molecule has 1 amide bonds. The fourth-order valence-corrected chi connectivity index (χ4v) is 3.04. The molecule has 3 rings (SSSR count). The predicted molar refractivity (Wildman–Crippen MR) is 68.7 cm³/mol. The van der Waals surface area contributed by atoms with Crippen LogP contribution >= 0.6 is 0 Å². The summed E-state index contributed by atoms with van der Waals surface area (Å²) in [4.78, 5) is 24.9. The second-order valence-corrected chi connectivity index (χ2v) is 5.59. The quantitative estimate of drug-likeness (QED) is 0.889. The molecule has 0 unspecified atom stereocenters. The second kappa shape index (κ2) is 4.94. The lowest BCUT2D eigenvalue weighted by molar-refractivity contribution is 0.0188. The van der Waals surface area contributed by atoms with Gasteiger partial charge in [0.25, 0.3) is 5.91 Å². The van der Waals surface area contributed by atoms with Crippen molar-refractivity contribution in [3.05, 3.63) is 23.7 Å². The van der Waals surface area contributed by atoms with Gasteiger partial charge >= 0.3 is 5.97 Å². The fraction of sp³-hybridized carbons (Fsp3) is 0.571. The SMILES string of the molecule is O=C(O)c1coc(C(=O)N2CCC3(CCOCC3)C2)c1. The topological polar surface area (TPSA) is 80.0 Å². The van der Waals surface area contributed by atoms with Crippen LogP contribution in [0.25, 0.3) is 0 Å². The molecule has 1 aromatic heterocycles. The summed E-state index contributed by atoms with van der Waals surface area (Å²) in [7, 11) is 0. The van der Waals surface area contributed by atoms with Crippen LogP contribution in [0.2, 0.25) is 0 Å². The fourth-order valence-electron chi connectivity index (χ4n) is 3.04. The van der Waals surface area contributed by atoms with Gasteiger partial charge in [-0.15, -0.1) is 0 Å². The molecule has 0 aromatic carbocycles. The largest absolute Gasteiger partial charge is 0.478 e. The summed E-state index contributed by atoms with van der Waals surface area (Å²) < 4.78 is 10.5. The number of carboxylic acids is 1. The summed E-state index contributed by atoms with van der Waals surface area (Å²) in [6.07, 6.45) is 4.05. The Morgan fingerprint density at radius 2 is 2.00 bits per heavy atom. The molecular formula is C14H17NO5. The van der Waals surface area contributed by atoms with Crippen molar-refractivity contribution in [2.75, 3.05) is 26.3 Å². The number of likely N-dealkylation sites (tertiary alicyclic amines) is 1. The predicted octanol–water partition coefficient (Wildman–Crippen LogP) is 1.62. The van der Waals surface area contributed by atoms with E-state index in [1.165, 1.54) is 6.07 Å². The minimum absolute atomic E-state index is 0.00771. The van der Waals surface area contributed by atoms with Crippen LogP contribution in [0.3, 0.4) is 0 Å². The number of rotatable bonds is 2. The summed E-state index contributed by atoms with van der Waals surface area (Å²) in [5, 5.41) is 8.85. The minimum atomic E-state index is -1.09. The molecule has 0 radical (unpaired) electrons. The van der Waals surface area contributed by atoms with E-state index in [1.807, 2.05) is 0 Å². The third-order valence-electron chi connectivity index (χ3n) is 4.34. The van der Waals surface area contributed by atoms with Crippen LogP contribution < -0.4 is 0 Å². The molecule has 2 fully saturated rings. The summed E-state index contributed by atoms with van der Waals surface area (Å²) in [5.41, 5.74) is 0.184. The van der Waals surface area contributed by atoms with Gasteiger partial charge in [0.05, 0.1) is 5.56 Å². The Kier molecular flexibility index (Phi) is 3.25. The van der Waals surface area contributed by atoms with Crippen molar-refractivity contribution in [3.8, 4) is 0 Å². The van der Waals surface area contributed by atoms with Gasteiger partial charge in [-0.25, -0.2) is 4.79 Å². The van der Waals surface area contributed by atoms with Gasteiger partial charge in [-0.2, -0.15) is 0 Å². The highest BCUT2D eigenvalue weighted by Crippen LogP contribution is 2.40. The number of nitrogens with zero attached hydrogens (tertiary/aromatic N) is 1. The first-order chi connectivity index (χ1) is 9.60. The van der Waals surface area contributed by atoms with Crippen molar-refractivity contribution in [1.82, 2.24) is 4.90 Å². The number of carbonyl (C=O) groups excluding carboxylic acids is 1. The third-order valence-corrected chi connectivity index (χ3v) is 4.34. The van der Waals surface area contributed by atoms with Gasteiger partial charge in [0.2, 0.25) is 0 Å². The summed E-state index contributed by atoms with van der Waals surface area (Å²) in [5.74, 6) is -1.21. The number of hydrogen-bond donors (Lipinski definition) is 1. The Morgan fingerprint density at radius 3 is 2.65 bits per heavy atom. The van der Waals surface area contributed by atoms with E-state index in [2.05, 4.69) is 0 Å². The molecule has 0 aliphatic carbocycles. The lowest BCUT2D eigenvalue weighted by Crippen LogP contribution is -2.35. The molecular weight excluding hydrogens is 262 g/mol. The van der Waals surface area contributed by atoms with Crippen LogP contribution in [0.1, 0.15) is 40.2 Å². The maximum atomic E-state index is 12.3. The summed E-state index contributed by atoms with van der Waals surface area (Å²) in [6.45, 7) is 2.91. The van der Waals surface area contributed by atoms with Crippen molar-refractivity contribution in [2.24, 2.45) is 5.41 Å². The van der Waals surface area contributed by atoms with Gasteiger partial charge in [-0.1, -0.05) is 0 Å². The van der Waals surface area contributed by atoms with E-state index in [9.17, 15) is 9.59 Å². The number of aromatic carboxylic acids is 1. The molecule has 1 spiro atoms. The molecule has 2 saturated heterocycles. The zero-order valence-corrected chi connectivity index (χ0v) is 11.1. The zero-order valence-electron chi connectivity index (χ0n) is 11.1. The average Bonchev–Trinajstić information content (AvgIpc) is 3.07. The molecule has 2 aliphatic rings. The lowest BCUT2D eigenvalue weighted by atomic mass is 9.80. The van der Waals surface area contributed by atoms with Crippen LogP contribution in [0.4, 0.5) is 0 Å². The third kappa shape index (κ3) is 2.31. The first-order valence-corrected chi connectivity index (χ1v) is 6.79. The molecule has 20 heavy (non-hydrogen) atoms. The van der Waals surface area contributed by atoms with Gasteiger partial charge in [-0.3, -0.25) is 4.79 Å². The van der Waals surface area contributed by atoms with Gasteiger partial charge in [0.15, 0.2) is 5.76 Å². The van der Waals surface area contributed by atoms with E-state index in [1.54, 1.807) is 4.90 Å². The number of amides is 1. The Labute approximate surface area is 116 Å². The Bertz CT molecular complexity index is 529. The highest BCUT2D eigenvalue weighted by atomic mass is 16.5. The molecule has 0 atom stereocenters. The highest BCUT2D eigenvalue weighted by molar-refractivity contribution is 5.95. The van der Waals surface area contributed by atoms with Gasteiger partial charge in [0, 0.05) is 32.4 Å². The minimum Gasteiger partial charge on any atom is -0.478 e. The van der Waals surface area contributed by atoms with Crippen LogP contribution in [-0.4, -0.2) is 48.2 Å². The number of carboxylic acid groups (broad SMARTS) is 1. The normalized spacial score (nSPS) is 21.3. The maximum Gasteiger partial charge on any atom is 0.338 e. The second-order valence-electron chi connectivity index (χ2n) is 5.59.